The second-order valence-electron chi connectivity index (χ2n) is 7.40. The maximum absolute atomic E-state index is 12.8. The Kier molecular flexibility index (Phi) is 5.88. The van der Waals surface area contributed by atoms with Crippen LogP contribution in [-0.2, 0) is 11.2 Å². The summed E-state index contributed by atoms with van der Waals surface area (Å²) in [6.07, 6.45) is 5.23. The van der Waals surface area contributed by atoms with Gasteiger partial charge in [-0.2, -0.15) is 0 Å². The molecule has 1 amide bonds. The predicted octanol–water partition coefficient (Wildman–Crippen LogP) is 2.79. The summed E-state index contributed by atoms with van der Waals surface area (Å²) in [4.78, 5) is 38.5. The van der Waals surface area contributed by atoms with E-state index < -0.39 is 0 Å². The monoisotopic (exact) mass is 404 g/mol. The van der Waals surface area contributed by atoms with Gasteiger partial charge in [0.25, 0.3) is 5.56 Å². The lowest BCUT2D eigenvalue weighted by atomic mass is 9.95. The molecule has 7 heteroatoms. The number of hydrogen-bond acceptors (Lipinski definition) is 5. The largest absolute Gasteiger partial charge is 0.496 e. The number of carbonyl (C=O) groups is 1. The van der Waals surface area contributed by atoms with Crippen molar-refractivity contribution in [3.8, 4) is 17.0 Å². The molecule has 0 bridgehead atoms. The van der Waals surface area contributed by atoms with Crippen molar-refractivity contribution in [1.29, 1.82) is 0 Å². The molecular weight excluding hydrogens is 380 g/mol. The van der Waals surface area contributed by atoms with Gasteiger partial charge in [-0.1, -0.05) is 18.2 Å². The van der Waals surface area contributed by atoms with Gasteiger partial charge in [0.05, 0.1) is 19.2 Å². The highest BCUT2D eigenvalue weighted by Crippen LogP contribution is 2.27. The van der Waals surface area contributed by atoms with Gasteiger partial charge < -0.3 is 14.6 Å². The molecule has 1 fully saturated rings. The van der Waals surface area contributed by atoms with Gasteiger partial charge in [-0.3, -0.25) is 14.6 Å². The number of likely N-dealkylation sites (tertiary alicyclic amines) is 1. The van der Waals surface area contributed by atoms with Gasteiger partial charge in [-0.25, -0.2) is 4.98 Å². The van der Waals surface area contributed by atoms with E-state index in [1.54, 1.807) is 19.5 Å². The van der Waals surface area contributed by atoms with Crippen LogP contribution in [0.15, 0.2) is 59.7 Å². The van der Waals surface area contributed by atoms with Gasteiger partial charge in [0.1, 0.15) is 11.6 Å². The molecule has 1 N–H and O–H groups in total. The number of pyridine rings is 1. The lowest BCUT2D eigenvalue weighted by Crippen LogP contribution is -2.39. The molecule has 30 heavy (non-hydrogen) atoms. The summed E-state index contributed by atoms with van der Waals surface area (Å²) in [6, 6.07) is 12.8. The number of nitrogens with one attached hydrogen (secondary N) is 1. The molecular formula is C23H24N4O3. The van der Waals surface area contributed by atoms with Gasteiger partial charge in [0, 0.05) is 48.6 Å². The van der Waals surface area contributed by atoms with Crippen LogP contribution >= 0.6 is 0 Å². The van der Waals surface area contributed by atoms with Gasteiger partial charge in [-0.05, 0) is 31.0 Å². The summed E-state index contributed by atoms with van der Waals surface area (Å²) < 4.78 is 5.35. The third kappa shape index (κ3) is 4.40. The fourth-order valence-corrected chi connectivity index (χ4v) is 3.86. The van der Waals surface area contributed by atoms with Gasteiger partial charge in [0.2, 0.25) is 5.91 Å². The van der Waals surface area contributed by atoms with E-state index in [0.717, 1.165) is 29.7 Å². The van der Waals surface area contributed by atoms with Crippen molar-refractivity contribution in [2.45, 2.75) is 25.2 Å². The summed E-state index contributed by atoms with van der Waals surface area (Å²) in [5.41, 5.74) is 2.15. The van der Waals surface area contributed by atoms with E-state index in [0.29, 0.717) is 31.0 Å². The standard InChI is InChI=1S/C23H24N4O3/c1-30-20-7-3-2-5-17(20)13-22(29)27-11-8-16(9-12-27)23-25-19(14-21(28)26-23)18-6-4-10-24-15-18/h2-7,10,14-16H,8-9,11-13H2,1H3,(H,25,26,28). The van der Waals surface area contributed by atoms with E-state index in [9.17, 15) is 9.59 Å². The number of aromatic nitrogens is 3. The van der Waals surface area contributed by atoms with Crippen molar-refractivity contribution in [2.75, 3.05) is 20.2 Å². The van der Waals surface area contributed by atoms with Crippen LogP contribution in [0, 0.1) is 0 Å². The molecule has 1 aromatic carbocycles. The van der Waals surface area contributed by atoms with Crippen LogP contribution in [0.5, 0.6) is 5.75 Å². The fourth-order valence-electron chi connectivity index (χ4n) is 3.86. The fraction of sp³-hybridized carbons (Fsp3) is 0.304. The first-order valence-electron chi connectivity index (χ1n) is 10.1. The number of benzene rings is 1. The van der Waals surface area contributed by atoms with Crippen LogP contribution in [0.3, 0.4) is 0 Å². The van der Waals surface area contributed by atoms with Crippen LogP contribution in [0.4, 0.5) is 0 Å². The van der Waals surface area contributed by atoms with Crippen molar-refractivity contribution in [3.63, 3.8) is 0 Å². The highest BCUT2D eigenvalue weighted by atomic mass is 16.5. The molecule has 2 aromatic heterocycles. The molecule has 0 aliphatic carbocycles. The molecule has 0 unspecified atom stereocenters. The molecule has 1 aliphatic heterocycles. The first-order chi connectivity index (χ1) is 14.6. The van der Waals surface area contributed by atoms with E-state index in [1.807, 2.05) is 41.3 Å². The maximum atomic E-state index is 12.8. The zero-order chi connectivity index (χ0) is 20.9. The molecule has 0 saturated carbocycles. The van der Waals surface area contributed by atoms with Crippen molar-refractivity contribution in [3.05, 3.63) is 76.6 Å². The van der Waals surface area contributed by atoms with Crippen LogP contribution in [-0.4, -0.2) is 46.0 Å². The Morgan fingerprint density at radius 2 is 2.00 bits per heavy atom. The number of H-pyrrole nitrogens is 1. The van der Waals surface area contributed by atoms with Crippen LogP contribution in [0.25, 0.3) is 11.3 Å². The summed E-state index contributed by atoms with van der Waals surface area (Å²) >= 11 is 0. The lowest BCUT2D eigenvalue weighted by molar-refractivity contribution is -0.131. The topological polar surface area (TPSA) is 88.2 Å². The highest BCUT2D eigenvalue weighted by molar-refractivity contribution is 5.79. The first-order valence-corrected chi connectivity index (χ1v) is 10.1. The number of amides is 1. The van der Waals surface area contributed by atoms with E-state index >= 15 is 0 Å². The third-order valence-corrected chi connectivity index (χ3v) is 5.49. The van der Waals surface area contributed by atoms with Crippen molar-refractivity contribution < 1.29 is 9.53 Å². The van der Waals surface area contributed by atoms with E-state index in [1.165, 1.54) is 6.07 Å². The van der Waals surface area contributed by atoms with Crippen molar-refractivity contribution in [2.24, 2.45) is 0 Å². The van der Waals surface area contributed by atoms with Crippen LogP contribution in [0.1, 0.15) is 30.1 Å². The summed E-state index contributed by atoms with van der Waals surface area (Å²) in [5, 5.41) is 0. The van der Waals surface area contributed by atoms with Gasteiger partial charge >= 0.3 is 0 Å². The Bertz CT molecular complexity index is 1070. The molecule has 0 radical (unpaired) electrons. The average Bonchev–Trinajstić information content (AvgIpc) is 2.79. The van der Waals surface area contributed by atoms with Crippen LogP contribution in [0.2, 0.25) is 0 Å². The maximum Gasteiger partial charge on any atom is 0.251 e. The van der Waals surface area contributed by atoms with Crippen LogP contribution < -0.4 is 10.3 Å². The number of rotatable bonds is 5. The first kappa shape index (κ1) is 19.8. The second-order valence-corrected chi connectivity index (χ2v) is 7.40. The SMILES string of the molecule is COc1ccccc1CC(=O)N1CCC(c2nc(-c3cccnc3)cc(=O)[nH]2)CC1. The molecule has 3 heterocycles. The normalized spacial score (nSPS) is 14.5. The predicted molar refractivity (Wildman–Crippen MR) is 113 cm³/mol. The Hall–Kier alpha value is -3.48. The minimum Gasteiger partial charge on any atom is -0.496 e. The zero-order valence-corrected chi connectivity index (χ0v) is 16.9. The number of piperidine rings is 1. The van der Waals surface area contributed by atoms with E-state index in [4.69, 9.17) is 4.74 Å². The molecule has 1 saturated heterocycles. The second kappa shape index (κ2) is 8.90. The quantitative estimate of drug-likeness (QED) is 0.706. The van der Waals surface area contributed by atoms with Crippen molar-refractivity contribution >= 4 is 5.91 Å². The third-order valence-electron chi connectivity index (χ3n) is 5.49. The summed E-state index contributed by atoms with van der Waals surface area (Å²) in [7, 11) is 1.61. The van der Waals surface area contributed by atoms with Gasteiger partial charge in [-0.15, -0.1) is 0 Å². The Labute approximate surface area is 174 Å². The Morgan fingerprint density at radius 3 is 2.73 bits per heavy atom. The highest BCUT2D eigenvalue weighted by Gasteiger charge is 2.26. The number of nitrogens with zero attached hydrogens (tertiary/aromatic N) is 3. The average molecular weight is 404 g/mol. The number of methoxy groups -OCH3 is 1. The zero-order valence-electron chi connectivity index (χ0n) is 16.9. The number of aromatic amines is 1. The number of para-hydroxylation sites is 1. The molecule has 3 aromatic rings. The lowest BCUT2D eigenvalue weighted by Gasteiger charge is -2.31. The number of carbonyl (C=O) groups excluding carboxylic acids is 1. The minimum atomic E-state index is -0.173. The van der Waals surface area contributed by atoms with Crippen molar-refractivity contribution in [1.82, 2.24) is 19.9 Å². The van der Waals surface area contributed by atoms with E-state index in [-0.39, 0.29) is 17.4 Å². The molecule has 7 nitrogen and oxygen atoms in total. The molecule has 1 aliphatic rings. The Morgan fingerprint density at radius 1 is 1.20 bits per heavy atom. The minimum absolute atomic E-state index is 0.0866. The molecule has 0 spiro atoms. The van der Waals surface area contributed by atoms with E-state index in [2.05, 4.69) is 15.0 Å². The molecule has 154 valence electrons. The number of hydrogen-bond donors (Lipinski definition) is 1. The Balaban J connectivity index is 1.43. The summed E-state index contributed by atoms with van der Waals surface area (Å²) in [5.74, 6) is 1.61. The smallest absolute Gasteiger partial charge is 0.251 e. The number of ether oxygens (including phenoxy) is 1. The molecule has 4 rings (SSSR count). The summed E-state index contributed by atoms with van der Waals surface area (Å²) in [6.45, 7) is 1.28. The van der Waals surface area contributed by atoms with Gasteiger partial charge in [0.15, 0.2) is 0 Å². The molecule has 0 atom stereocenters.